The van der Waals surface area contributed by atoms with Crippen LogP contribution in [-0.4, -0.2) is 24.9 Å². The molecule has 10 heavy (non-hydrogen) atoms. The van der Waals surface area contributed by atoms with Crippen molar-refractivity contribution in [3.63, 3.8) is 0 Å². The van der Waals surface area contributed by atoms with Crippen molar-refractivity contribution >= 4 is 0 Å². The van der Waals surface area contributed by atoms with Crippen LogP contribution in [0.15, 0.2) is 0 Å². The largest absolute Gasteiger partial charge is 0.397 e. The van der Waals surface area contributed by atoms with Crippen LogP contribution in [0.5, 0.6) is 0 Å². The molecule has 0 unspecified atom stereocenters. The number of terminal acetylenes is 1. The molecule has 0 rings (SSSR count). The maximum absolute atomic E-state index is 7.57. The van der Waals surface area contributed by atoms with Gasteiger partial charge in [-0.05, 0) is 20.8 Å². The SMILES string of the molecule is C#C.CCO.CCOCC. The third-order valence-corrected chi connectivity index (χ3v) is 0.408. The van der Waals surface area contributed by atoms with Crippen LogP contribution in [0.25, 0.3) is 0 Å². The van der Waals surface area contributed by atoms with Crippen molar-refractivity contribution in [2.45, 2.75) is 20.8 Å². The predicted octanol–water partition coefficient (Wildman–Crippen LogP) is 1.29. The van der Waals surface area contributed by atoms with Crippen molar-refractivity contribution in [2.24, 2.45) is 0 Å². The molecule has 0 saturated heterocycles. The monoisotopic (exact) mass is 146 g/mol. The van der Waals surface area contributed by atoms with E-state index >= 15 is 0 Å². The summed E-state index contributed by atoms with van der Waals surface area (Å²) in [6.07, 6.45) is 8.00. The molecule has 0 fully saturated rings. The topological polar surface area (TPSA) is 29.5 Å². The third kappa shape index (κ3) is 143. The average Bonchev–Trinajstić information content (AvgIpc) is 1.96. The number of ether oxygens (including phenoxy) is 1. The molecule has 0 heterocycles. The van der Waals surface area contributed by atoms with Gasteiger partial charge in [0.2, 0.25) is 0 Å². The second-order valence-electron chi connectivity index (χ2n) is 1.10. The summed E-state index contributed by atoms with van der Waals surface area (Å²) in [5, 5.41) is 7.57. The van der Waals surface area contributed by atoms with Gasteiger partial charge in [0.1, 0.15) is 0 Å². The molecule has 2 nitrogen and oxygen atoms in total. The van der Waals surface area contributed by atoms with Crippen molar-refractivity contribution in [1.29, 1.82) is 0 Å². The first-order valence-electron chi connectivity index (χ1n) is 3.35. The van der Waals surface area contributed by atoms with Gasteiger partial charge in [0.05, 0.1) is 0 Å². The molecule has 2 heteroatoms. The van der Waals surface area contributed by atoms with Gasteiger partial charge < -0.3 is 9.84 Å². The molecule has 0 radical (unpaired) electrons. The van der Waals surface area contributed by atoms with E-state index in [1.54, 1.807) is 6.92 Å². The van der Waals surface area contributed by atoms with Crippen molar-refractivity contribution < 1.29 is 9.84 Å². The number of hydrogen-bond donors (Lipinski definition) is 1. The zero-order valence-electron chi connectivity index (χ0n) is 7.13. The Morgan fingerprint density at radius 3 is 1.30 bits per heavy atom. The highest BCUT2D eigenvalue weighted by atomic mass is 16.5. The second-order valence-corrected chi connectivity index (χ2v) is 1.10. The standard InChI is InChI=1S/C4H10O.C2H6O.C2H2/c1-3-5-4-2;1-2-3;1-2/h3-4H2,1-2H3;3H,2H2,1H3;1-2H. The lowest BCUT2D eigenvalue weighted by molar-refractivity contribution is 0.162. The Hall–Kier alpha value is -0.520. The Labute approximate surface area is 64.2 Å². The summed E-state index contributed by atoms with van der Waals surface area (Å²) in [5.74, 6) is 0. The molecule has 0 aliphatic carbocycles. The molecule has 1 N–H and O–H groups in total. The molecule has 0 aromatic carbocycles. The zero-order valence-corrected chi connectivity index (χ0v) is 7.13. The van der Waals surface area contributed by atoms with E-state index in [2.05, 4.69) is 12.8 Å². The van der Waals surface area contributed by atoms with Crippen molar-refractivity contribution in [3.05, 3.63) is 0 Å². The first kappa shape index (κ1) is 16.2. The summed E-state index contributed by atoms with van der Waals surface area (Å²) in [4.78, 5) is 0. The predicted molar refractivity (Wildman–Crippen MR) is 44.8 cm³/mol. The average molecular weight is 146 g/mol. The number of rotatable bonds is 2. The Bertz CT molecular complexity index is 39.8. The Morgan fingerprint density at radius 2 is 1.30 bits per heavy atom. The van der Waals surface area contributed by atoms with Crippen LogP contribution < -0.4 is 0 Å². The van der Waals surface area contributed by atoms with Gasteiger partial charge in [0.25, 0.3) is 0 Å². The highest BCUT2D eigenvalue weighted by Crippen LogP contribution is 1.64. The summed E-state index contributed by atoms with van der Waals surface area (Å²) in [6, 6.07) is 0. The maximum atomic E-state index is 7.57. The summed E-state index contributed by atoms with van der Waals surface area (Å²) in [5.41, 5.74) is 0. The van der Waals surface area contributed by atoms with Crippen LogP contribution >= 0.6 is 0 Å². The van der Waals surface area contributed by atoms with Crippen LogP contribution in [0.4, 0.5) is 0 Å². The van der Waals surface area contributed by atoms with E-state index in [9.17, 15) is 0 Å². The number of hydrogen-bond acceptors (Lipinski definition) is 2. The number of aliphatic hydroxyl groups is 1. The van der Waals surface area contributed by atoms with Crippen LogP contribution in [0, 0.1) is 12.8 Å². The summed E-state index contributed by atoms with van der Waals surface area (Å²) in [7, 11) is 0. The van der Waals surface area contributed by atoms with Crippen LogP contribution in [0.1, 0.15) is 20.8 Å². The molecular formula is C8H18O2. The van der Waals surface area contributed by atoms with Gasteiger partial charge in [0.15, 0.2) is 0 Å². The molecule has 0 aromatic rings. The molecule has 0 atom stereocenters. The van der Waals surface area contributed by atoms with Gasteiger partial charge in [-0.25, -0.2) is 0 Å². The van der Waals surface area contributed by atoms with Crippen molar-refractivity contribution in [3.8, 4) is 12.8 Å². The van der Waals surface area contributed by atoms with Gasteiger partial charge in [-0.15, -0.1) is 12.8 Å². The molecule has 0 spiro atoms. The first-order valence-corrected chi connectivity index (χ1v) is 3.35. The lowest BCUT2D eigenvalue weighted by Gasteiger charge is -1.86. The normalized spacial score (nSPS) is 6.20. The molecule has 0 saturated carbocycles. The van der Waals surface area contributed by atoms with Crippen molar-refractivity contribution in [2.75, 3.05) is 19.8 Å². The smallest absolute Gasteiger partial charge is 0.0437 e. The highest BCUT2D eigenvalue weighted by molar-refractivity contribution is 4.47. The fourth-order valence-corrected chi connectivity index (χ4v) is 0.204. The fraction of sp³-hybridized carbons (Fsp3) is 0.750. The molecule has 0 aromatic heterocycles. The van der Waals surface area contributed by atoms with Gasteiger partial charge >= 0.3 is 0 Å². The molecule has 0 aliphatic heterocycles. The molecule has 0 amide bonds. The molecule has 0 bridgehead atoms. The third-order valence-electron chi connectivity index (χ3n) is 0.408. The Morgan fingerprint density at radius 1 is 1.10 bits per heavy atom. The Balaban J connectivity index is -0.0000000847. The van der Waals surface area contributed by atoms with Crippen molar-refractivity contribution in [1.82, 2.24) is 0 Å². The first-order chi connectivity index (χ1) is 4.83. The quantitative estimate of drug-likeness (QED) is 0.595. The lowest BCUT2D eigenvalue weighted by atomic mass is 10.8. The fourth-order valence-electron chi connectivity index (χ4n) is 0.204. The highest BCUT2D eigenvalue weighted by Gasteiger charge is 1.64. The lowest BCUT2D eigenvalue weighted by Crippen LogP contribution is -1.84. The Kier molecular flexibility index (Phi) is 63.6. The minimum atomic E-state index is 0.250. The molecule has 62 valence electrons. The van der Waals surface area contributed by atoms with E-state index in [0.29, 0.717) is 0 Å². The minimum absolute atomic E-state index is 0.250. The minimum Gasteiger partial charge on any atom is -0.397 e. The van der Waals surface area contributed by atoms with Gasteiger partial charge in [-0.2, -0.15) is 0 Å². The van der Waals surface area contributed by atoms with E-state index < -0.39 is 0 Å². The number of aliphatic hydroxyl groups excluding tert-OH is 1. The van der Waals surface area contributed by atoms with Crippen LogP contribution in [0.3, 0.4) is 0 Å². The van der Waals surface area contributed by atoms with E-state index in [1.165, 1.54) is 0 Å². The van der Waals surface area contributed by atoms with E-state index in [0.717, 1.165) is 13.2 Å². The van der Waals surface area contributed by atoms with E-state index in [4.69, 9.17) is 9.84 Å². The van der Waals surface area contributed by atoms with E-state index in [-0.39, 0.29) is 6.61 Å². The van der Waals surface area contributed by atoms with Gasteiger partial charge in [-0.1, -0.05) is 0 Å². The molecule has 0 aliphatic rings. The second kappa shape index (κ2) is 39.2. The van der Waals surface area contributed by atoms with Gasteiger partial charge in [0, 0.05) is 19.8 Å². The van der Waals surface area contributed by atoms with Gasteiger partial charge in [-0.3, -0.25) is 0 Å². The summed E-state index contributed by atoms with van der Waals surface area (Å²) in [6.45, 7) is 7.60. The summed E-state index contributed by atoms with van der Waals surface area (Å²) < 4.78 is 4.83. The van der Waals surface area contributed by atoms with Crippen LogP contribution in [-0.2, 0) is 4.74 Å². The maximum Gasteiger partial charge on any atom is 0.0437 e. The molecular weight excluding hydrogens is 128 g/mol. The van der Waals surface area contributed by atoms with Crippen LogP contribution in [0.2, 0.25) is 0 Å². The van der Waals surface area contributed by atoms with E-state index in [1.807, 2.05) is 13.8 Å². The summed E-state index contributed by atoms with van der Waals surface area (Å²) >= 11 is 0. The zero-order chi connectivity index (χ0) is 8.83.